The van der Waals surface area contributed by atoms with Crippen molar-refractivity contribution >= 4 is 17.6 Å². The van der Waals surface area contributed by atoms with E-state index in [9.17, 15) is 14.9 Å². The van der Waals surface area contributed by atoms with Crippen molar-refractivity contribution in [2.75, 3.05) is 20.3 Å². The van der Waals surface area contributed by atoms with Gasteiger partial charge in [0, 0.05) is 26.5 Å². The second-order valence-electron chi connectivity index (χ2n) is 7.21. The molecule has 0 saturated heterocycles. The van der Waals surface area contributed by atoms with Crippen molar-refractivity contribution in [2.45, 2.75) is 20.3 Å². The molecule has 0 saturated carbocycles. The maximum atomic E-state index is 13.3. The summed E-state index contributed by atoms with van der Waals surface area (Å²) in [5.74, 6) is -0.0793. The number of hydrogen-bond donors (Lipinski definition) is 1. The van der Waals surface area contributed by atoms with E-state index in [0.29, 0.717) is 31.0 Å². The second-order valence-corrected chi connectivity index (χ2v) is 7.21. The molecule has 3 rings (SSSR count). The smallest absolute Gasteiger partial charge is 0.269 e. The number of aromatic nitrogens is 2. The van der Waals surface area contributed by atoms with Gasteiger partial charge in [-0.25, -0.2) is 0 Å². The Bertz CT molecular complexity index is 1250. The fourth-order valence-corrected chi connectivity index (χ4v) is 3.02. The summed E-state index contributed by atoms with van der Waals surface area (Å²) in [6.07, 6.45) is 3.41. The van der Waals surface area contributed by atoms with Gasteiger partial charge in [-0.15, -0.1) is 0 Å². The van der Waals surface area contributed by atoms with Crippen molar-refractivity contribution in [3.8, 4) is 17.7 Å². The van der Waals surface area contributed by atoms with Gasteiger partial charge in [0.05, 0.1) is 0 Å². The summed E-state index contributed by atoms with van der Waals surface area (Å²) in [6, 6.07) is 12.7. The highest BCUT2D eigenvalue weighted by atomic mass is 16.5. The van der Waals surface area contributed by atoms with Crippen molar-refractivity contribution in [3.05, 3.63) is 75.2 Å². The predicted molar refractivity (Wildman–Crippen MR) is 121 cm³/mol. The molecule has 0 aliphatic heterocycles. The van der Waals surface area contributed by atoms with Crippen molar-refractivity contribution in [1.82, 2.24) is 14.7 Å². The third-order valence-electron chi connectivity index (χ3n) is 4.75. The average molecular weight is 432 g/mol. The molecule has 32 heavy (non-hydrogen) atoms. The van der Waals surface area contributed by atoms with Crippen LogP contribution in [0.1, 0.15) is 23.1 Å². The lowest BCUT2D eigenvalue weighted by Gasteiger charge is -2.12. The highest BCUT2D eigenvalue weighted by Crippen LogP contribution is 2.25. The first-order chi connectivity index (χ1) is 15.4. The Morgan fingerprint density at radius 1 is 1.25 bits per heavy atom. The van der Waals surface area contributed by atoms with E-state index < -0.39 is 11.5 Å². The molecule has 0 radical (unpaired) electrons. The summed E-state index contributed by atoms with van der Waals surface area (Å²) in [5.41, 5.74) is 1.61. The van der Waals surface area contributed by atoms with Crippen LogP contribution < -0.4 is 15.6 Å². The lowest BCUT2D eigenvalue weighted by molar-refractivity contribution is -0.117. The molecule has 1 amide bonds. The zero-order chi connectivity index (χ0) is 23.1. The van der Waals surface area contributed by atoms with Crippen LogP contribution >= 0.6 is 0 Å². The number of benzene rings is 1. The van der Waals surface area contributed by atoms with Gasteiger partial charge in [-0.3, -0.25) is 14.0 Å². The number of nitriles is 1. The Hall–Kier alpha value is -3.96. The molecule has 1 N–H and O–H groups in total. The van der Waals surface area contributed by atoms with Crippen LogP contribution in [0.3, 0.4) is 0 Å². The second kappa shape index (κ2) is 10.4. The Labute approximate surface area is 185 Å². The van der Waals surface area contributed by atoms with Crippen molar-refractivity contribution in [2.24, 2.45) is 0 Å². The molecule has 0 bridgehead atoms. The maximum absolute atomic E-state index is 13.3. The lowest BCUT2D eigenvalue weighted by Crippen LogP contribution is -2.27. The van der Waals surface area contributed by atoms with E-state index in [0.717, 1.165) is 11.1 Å². The zero-order valence-corrected chi connectivity index (χ0v) is 18.2. The SMILES string of the molecule is COCCCNC(=O)/C(C#N)=C/c1c(Oc2ccc(C)cc2)nc2c(C)cccn2c1=O. The lowest BCUT2D eigenvalue weighted by atomic mass is 10.1. The van der Waals surface area contributed by atoms with Gasteiger partial charge >= 0.3 is 0 Å². The summed E-state index contributed by atoms with van der Waals surface area (Å²) in [5, 5.41) is 12.2. The predicted octanol–water partition coefficient (Wildman–Crippen LogP) is 3.16. The quantitative estimate of drug-likeness (QED) is 0.333. The monoisotopic (exact) mass is 432 g/mol. The number of hydrogen-bond acceptors (Lipinski definition) is 6. The van der Waals surface area contributed by atoms with E-state index in [1.165, 1.54) is 10.5 Å². The van der Waals surface area contributed by atoms with Gasteiger partial charge in [0.1, 0.15) is 28.6 Å². The van der Waals surface area contributed by atoms with Gasteiger partial charge in [0.15, 0.2) is 0 Å². The van der Waals surface area contributed by atoms with Crippen molar-refractivity contribution < 1.29 is 14.3 Å². The minimum atomic E-state index is -0.585. The number of nitrogens with zero attached hydrogens (tertiary/aromatic N) is 3. The van der Waals surface area contributed by atoms with Crippen LogP contribution in [-0.4, -0.2) is 35.6 Å². The fourth-order valence-electron chi connectivity index (χ4n) is 3.02. The maximum Gasteiger partial charge on any atom is 0.269 e. The summed E-state index contributed by atoms with van der Waals surface area (Å²) >= 11 is 0. The number of fused-ring (bicyclic) bond motifs is 1. The third kappa shape index (κ3) is 5.20. The van der Waals surface area contributed by atoms with E-state index in [4.69, 9.17) is 9.47 Å². The van der Waals surface area contributed by atoms with E-state index in [1.54, 1.807) is 31.5 Å². The first-order valence-electron chi connectivity index (χ1n) is 10.1. The van der Waals surface area contributed by atoms with Gasteiger partial charge in [0.2, 0.25) is 5.88 Å². The fraction of sp³-hybridized carbons (Fsp3) is 0.250. The first-order valence-corrected chi connectivity index (χ1v) is 10.1. The number of carbonyl (C=O) groups excluding carboxylic acids is 1. The van der Waals surface area contributed by atoms with E-state index in [-0.39, 0.29) is 17.0 Å². The summed E-state index contributed by atoms with van der Waals surface area (Å²) in [4.78, 5) is 30.2. The summed E-state index contributed by atoms with van der Waals surface area (Å²) in [7, 11) is 1.57. The molecule has 8 nitrogen and oxygen atoms in total. The largest absolute Gasteiger partial charge is 0.438 e. The highest BCUT2D eigenvalue weighted by Gasteiger charge is 2.18. The van der Waals surface area contributed by atoms with E-state index >= 15 is 0 Å². The van der Waals surface area contributed by atoms with Crippen LogP contribution in [0.2, 0.25) is 0 Å². The van der Waals surface area contributed by atoms with Gasteiger partial charge in [-0.1, -0.05) is 23.8 Å². The molecule has 0 aliphatic rings. The van der Waals surface area contributed by atoms with Gasteiger partial charge < -0.3 is 14.8 Å². The number of rotatable bonds is 8. The number of carbonyl (C=O) groups is 1. The minimum absolute atomic E-state index is 0.0114. The zero-order valence-electron chi connectivity index (χ0n) is 18.2. The van der Waals surface area contributed by atoms with Crippen LogP contribution in [0, 0.1) is 25.2 Å². The van der Waals surface area contributed by atoms with Crippen molar-refractivity contribution in [1.29, 1.82) is 5.26 Å². The first kappa shape index (κ1) is 22.7. The Morgan fingerprint density at radius 3 is 2.69 bits per heavy atom. The van der Waals surface area contributed by atoms with Crippen LogP contribution in [0.25, 0.3) is 11.7 Å². The number of pyridine rings is 1. The number of aryl methyl sites for hydroxylation is 2. The van der Waals surface area contributed by atoms with E-state index in [1.807, 2.05) is 38.1 Å². The molecule has 3 aromatic rings. The summed E-state index contributed by atoms with van der Waals surface area (Å²) in [6.45, 7) is 4.61. The number of nitrogens with one attached hydrogen (secondary N) is 1. The van der Waals surface area contributed by atoms with Gasteiger partial charge in [0.25, 0.3) is 11.5 Å². The molecule has 1 aromatic carbocycles. The topological polar surface area (TPSA) is 106 Å². The molecule has 0 aliphatic carbocycles. The molecule has 0 spiro atoms. The molecule has 164 valence electrons. The Balaban J connectivity index is 2.08. The van der Waals surface area contributed by atoms with Crippen LogP contribution in [0.4, 0.5) is 0 Å². The molecule has 0 atom stereocenters. The Kier molecular flexibility index (Phi) is 7.37. The normalized spacial score (nSPS) is 11.2. The molecule has 2 aromatic heterocycles. The molecule has 0 fully saturated rings. The average Bonchev–Trinajstić information content (AvgIpc) is 2.79. The number of amides is 1. The van der Waals surface area contributed by atoms with Gasteiger partial charge in [-0.05, 0) is 50.1 Å². The standard InChI is InChI=1S/C24H24N4O4/c1-16-7-9-19(10-8-16)32-23-20(14-18(15-25)22(29)26-11-5-13-31-3)24(30)28-12-4-6-17(2)21(28)27-23/h4,6-10,12,14H,5,11,13H2,1-3H3,(H,26,29)/b18-14+. The number of ether oxygens (including phenoxy) is 2. The van der Waals surface area contributed by atoms with Gasteiger partial charge in [-0.2, -0.15) is 10.2 Å². The number of methoxy groups -OCH3 is 1. The van der Waals surface area contributed by atoms with Crippen LogP contribution in [0.5, 0.6) is 11.6 Å². The highest BCUT2D eigenvalue weighted by molar-refractivity contribution is 6.01. The molecule has 0 unspecified atom stereocenters. The molecule has 2 heterocycles. The van der Waals surface area contributed by atoms with E-state index in [2.05, 4.69) is 10.3 Å². The molecule has 8 heteroatoms. The van der Waals surface area contributed by atoms with Crippen molar-refractivity contribution in [3.63, 3.8) is 0 Å². The molecular weight excluding hydrogens is 408 g/mol. The minimum Gasteiger partial charge on any atom is -0.438 e. The summed E-state index contributed by atoms with van der Waals surface area (Å²) < 4.78 is 12.2. The van der Waals surface area contributed by atoms with Crippen LogP contribution in [0.15, 0.2) is 53.0 Å². The third-order valence-corrected chi connectivity index (χ3v) is 4.75. The Morgan fingerprint density at radius 2 is 2.00 bits per heavy atom. The molecular formula is C24H24N4O4. The van der Waals surface area contributed by atoms with Crippen LogP contribution in [-0.2, 0) is 9.53 Å².